The predicted octanol–water partition coefficient (Wildman–Crippen LogP) is 6.56. The highest BCUT2D eigenvalue weighted by Gasteiger charge is 2.43. The van der Waals surface area contributed by atoms with Gasteiger partial charge in [0.05, 0.1) is 12.2 Å². The highest BCUT2D eigenvalue weighted by molar-refractivity contribution is 5.90. The van der Waals surface area contributed by atoms with Crippen LogP contribution in [0.2, 0.25) is 0 Å². The van der Waals surface area contributed by atoms with Crippen molar-refractivity contribution in [1.82, 2.24) is 9.97 Å². The molecule has 1 unspecified atom stereocenters. The van der Waals surface area contributed by atoms with Crippen molar-refractivity contribution in [3.63, 3.8) is 0 Å². The number of aromatic nitrogens is 2. The number of carbonyl (C=O) groups is 1. The lowest BCUT2D eigenvalue weighted by atomic mass is 10.1. The molecule has 0 radical (unpaired) electrons. The van der Waals surface area contributed by atoms with Crippen LogP contribution in [-0.2, 0) is 15.9 Å². The highest BCUT2D eigenvalue weighted by Crippen LogP contribution is 2.25. The number of hydrogen-bond donors (Lipinski definition) is 0. The van der Waals surface area contributed by atoms with Crippen molar-refractivity contribution in [2.24, 2.45) is 0 Å². The Balaban J connectivity index is 1.91. The van der Waals surface area contributed by atoms with Gasteiger partial charge in [-0.3, -0.25) is 0 Å². The van der Waals surface area contributed by atoms with E-state index in [9.17, 15) is 18.0 Å². The number of alkyl halides is 3. The Labute approximate surface area is 193 Å². The Morgan fingerprint density at radius 1 is 0.939 bits per heavy atom. The zero-order valence-corrected chi connectivity index (χ0v) is 19.4. The van der Waals surface area contributed by atoms with Gasteiger partial charge in [-0.05, 0) is 37.0 Å². The van der Waals surface area contributed by atoms with Crippen LogP contribution in [0.25, 0.3) is 11.4 Å². The number of carbonyl (C=O) groups excluding carboxylic acids is 1. The summed E-state index contributed by atoms with van der Waals surface area (Å²) in [7, 11) is 0. The van der Waals surface area contributed by atoms with Crippen molar-refractivity contribution < 1.29 is 27.4 Å². The molecule has 0 aliphatic heterocycles. The van der Waals surface area contributed by atoms with Crippen LogP contribution in [0, 0.1) is 0 Å². The first-order chi connectivity index (χ1) is 15.8. The van der Waals surface area contributed by atoms with Crippen molar-refractivity contribution in [3.05, 3.63) is 47.8 Å². The molecule has 5 nitrogen and oxygen atoms in total. The molecular weight excluding hydrogens is 433 g/mol. The average Bonchev–Trinajstić information content (AvgIpc) is 2.80. The van der Waals surface area contributed by atoms with E-state index in [1.54, 1.807) is 31.5 Å². The van der Waals surface area contributed by atoms with Crippen molar-refractivity contribution in [1.29, 1.82) is 0 Å². The molecule has 0 bridgehead atoms. The molecule has 0 amide bonds. The first kappa shape index (κ1) is 26.8. The quantitative estimate of drug-likeness (QED) is 0.233. The first-order valence-corrected chi connectivity index (χ1v) is 11.6. The van der Waals surface area contributed by atoms with Gasteiger partial charge in [0.25, 0.3) is 0 Å². The number of hydrogen-bond acceptors (Lipinski definition) is 5. The Hall–Kier alpha value is -2.48. The molecule has 0 N–H and O–H groups in total. The topological polar surface area (TPSA) is 61.3 Å². The molecule has 1 atom stereocenters. The second kappa shape index (κ2) is 13.9. The Morgan fingerprint density at radius 3 is 2.18 bits per heavy atom. The van der Waals surface area contributed by atoms with Gasteiger partial charge in [0.15, 0.2) is 5.82 Å². The summed E-state index contributed by atoms with van der Waals surface area (Å²) in [5.74, 6) is -0.568. The van der Waals surface area contributed by atoms with Crippen LogP contribution in [0.4, 0.5) is 13.2 Å². The van der Waals surface area contributed by atoms with E-state index in [4.69, 9.17) is 4.74 Å². The number of aryl methyl sites for hydroxylation is 1. The minimum absolute atomic E-state index is 0.0168. The molecule has 182 valence electrons. The van der Waals surface area contributed by atoms with Gasteiger partial charge in [-0.25, -0.2) is 14.8 Å². The lowest BCUT2D eigenvalue weighted by molar-refractivity contribution is -0.217. The van der Waals surface area contributed by atoms with E-state index < -0.39 is 24.9 Å². The van der Waals surface area contributed by atoms with E-state index >= 15 is 0 Å². The molecule has 1 heterocycles. The van der Waals surface area contributed by atoms with Gasteiger partial charge in [-0.1, -0.05) is 58.1 Å². The Morgan fingerprint density at radius 2 is 1.58 bits per heavy atom. The number of unbranched alkanes of at least 4 members (excludes halogenated alkanes) is 5. The smallest absolute Gasteiger partial charge is 0.427 e. The van der Waals surface area contributed by atoms with Crippen LogP contribution in [-0.4, -0.2) is 41.4 Å². The van der Waals surface area contributed by atoms with Crippen molar-refractivity contribution in [2.45, 2.75) is 77.5 Å². The lowest BCUT2D eigenvalue weighted by Crippen LogP contribution is -2.38. The highest BCUT2D eigenvalue weighted by atomic mass is 19.4. The molecule has 33 heavy (non-hydrogen) atoms. The van der Waals surface area contributed by atoms with Gasteiger partial charge < -0.3 is 9.47 Å². The molecule has 1 aromatic heterocycles. The summed E-state index contributed by atoms with van der Waals surface area (Å²) in [4.78, 5) is 21.0. The van der Waals surface area contributed by atoms with Crippen LogP contribution in [0.3, 0.4) is 0 Å². The molecule has 1 aromatic carbocycles. The Bertz CT molecular complexity index is 824. The van der Waals surface area contributed by atoms with Crippen molar-refractivity contribution in [2.75, 3.05) is 13.2 Å². The minimum Gasteiger partial charge on any atom is -0.447 e. The molecule has 0 aliphatic rings. The number of esters is 1. The molecule has 0 fully saturated rings. The van der Waals surface area contributed by atoms with Crippen molar-refractivity contribution in [3.8, 4) is 11.4 Å². The normalized spacial score (nSPS) is 12.5. The third-order valence-corrected chi connectivity index (χ3v) is 5.14. The van der Waals surface area contributed by atoms with Gasteiger partial charge in [-0.2, -0.15) is 13.2 Å². The lowest BCUT2D eigenvalue weighted by Gasteiger charge is -2.20. The van der Waals surface area contributed by atoms with E-state index in [2.05, 4.69) is 21.6 Å². The van der Waals surface area contributed by atoms with Crippen LogP contribution in [0.5, 0.6) is 0 Å². The van der Waals surface area contributed by atoms with Gasteiger partial charge in [-0.15, -0.1) is 0 Å². The van der Waals surface area contributed by atoms with Crippen LogP contribution >= 0.6 is 0 Å². The summed E-state index contributed by atoms with van der Waals surface area (Å²) in [6.07, 6.45) is 5.42. The molecule has 0 aliphatic carbocycles. The molecule has 0 saturated carbocycles. The molecule has 0 spiro atoms. The summed E-state index contributed by atoms with van der Waals surface area (Å²) in [5, 5.41) is 0. The predicted molar refractivity (Wildman–Crippen MR) is 121 cm³/mol. The zero-order valence-electron chi connectivity index (χ0n) is 19.4. The number of halogens is 3. The average molecular weight is 467 g/mol. The molecule has 2 rings (SSSR count). The van der Waals surface area contributed by atoms with Gasteiger partial charge in [0.1, 0.15) is 0 Å². The number of benzene rings is 1. The van der Waals surface area contributed by atoms with E-state index in [1.807, 2.05) is 0 Å². The number of nitrogens with zero attached hydrogens (tertiary/aromatic N) is 2. The van der Waals surface area contributed by atoms with Gasteiger partial charge in [0, 0.05) is 24.6 Å². The zero-order chi connectivity index (χ0) is 24.1. The standard InChI is InChI=1S/C25H33F3N2O3/c1-3-5-6-7-8-9-10-19-16-29-23(30-17-19)20-11-13-21(14-12-20)24(31)33-22(25(26,27)28)18-32-15-4-2/h11-14,16-17,22H,3-10,15,18H2,1-2H3. The fourth-order valence-corrected chi connectivity index (χ4v) is 3.23. The summed E-state index contributed by atoms with van der Waals surface area (Å²) < 4.78 is 48.9. The monoisotopic (exact) mass is 466 g/mol. The third kappa shape index (κ3) is 9.50. The van der Waals surface area contributed by atoms with Crippen LogP contribution in [0.15, 0.2) is 36.7 Å². The second-order valence-corrected chi connectivity index (χ2v) is 8.02. The van der Waals surface area contributed by atoms with E-state index in [0.29, 0.717) is 17.8 Å². The third-order valence-electron chi connectivity index (χ3n) is 5.14. The number of ether oxygens (including phenoxy) is 2. The summed E-state index contributed by atoms with van der Waals surface area (Å²) in [6, 6.07) is 6.00. The first-order valence-electron chi connectivity index (χ1n) is 11.6. The maximum atomic E-state index is 13.1. The van der Waals surface area contributed by atoms with E-state index in [1.165, 1.54) is 44.2 Å². The molecule has 0 saturated heterocycles. The van der Waals surface area contributed by atoms with Gasteiger partial charge in [0.2, 0.25) is 6.10 Å². The van der Waals surface area contributed by atoms with E-state index in [0.717, 1.165) is 18.4 Å². The maximum absolute atomic E-state index is 13.1. The molecule has 8 heteroatoms. The summed E-state index contributed by atoms with van der Waals surface area (Å²) in [5.41, 5.74) is 1.75. The minimum atomic E-state index is -4.70. The summed E-state index contributed by atoms with van der Waals surface area (Å²) in [6.45, 7) is 3.42. The fraction of sp³-hybridized carbons (Fsp3) is 0.560. The molecular formula is C25H33F3N2O3. The second-order valence-electron chi connectivity index (χ2n) is 8.02. The van der Waals surface area contributed by atoms with Crippen LogP contribution in [0.1, 0.15) is 74.7 Å². The number of rotatable bonds is 14. The SMILES string of the molecule is CCCCCCCCc1cnc(-c2ccc(C(=O)OC(COCCC)C(F)(F)F)cc2)nc1. The van der Waals surface area contributed by atoms with Gasteiger partial charge >= 0.3 is 12.1 Å². The summed E-state index contributed by atoms with van der Waals surface area (Å²) >= 11 is 0. The molecule has 2 aromatic rings. The van der Waals surface area contributed by atoms with Crippen LogP contribution < -0.4 is 0 Å². The largest absolute Gasteiger partial charge is 0.447 e. The van der Waals surface area contributed by atoms with Crippen molar-refractivity contribution >= 4 is 5.97 Å². The Kier molecular flexibility index (Phi) is 11.3. The maximum Gasteiger partial charge on any atom is 0.427 e. The fourth-order valence-electron chi connectivity index (χ4n) is 3.23. The van der Waals surface area contributed by atoms with E-state index in [-0.39, 0.29) is 12.2 Å².